The van der Waals surface area contributed by atoms with Crippen molar-refractivity contribution in [1.82, 2.24) is 20.1 Å². The van der Waals surface area contributed by atoms with Crippen LogP contribution in [0, 0.1) is 6.92 Å². The van der Waals surface area contributed by atoms with Crippen molar-refractivity contribution in [2.45, 2.75) is 32.9 Å². The number of methoxy groups -OCH3 is 1. The van der Waals surface area contributed by atoms with Gasteiger partial charge in [-0.05, 0) is 13.5 Å². The molecule has 0 radical (unpaired) electrons. The molecule has 0 aliphatic carbocycles. The Bertz CT molecular complexity index is 569. The predicted octanol–water partition coefficient (Wildman–Crippen LogP) is 2.84. The highest BCUT2D eigenvalue weighted by Gasteiger charge is 2.21. The molecule has 0 aliphatic heterocycles. The average Bonchev–Trinajstić information content (AvgIpc) is 3.02. The second kappa shape index (κ2) is 7.89. The first-order valence-electron chi connectivity index (χ1n) is 7.00. The monoisotopic (exact) mass is 328 g/mol. The summed E-state index contributed by atoms with van der Waals surface area (Å²) in [6.07, 6.45) is 2.50. The summed E-state index contributed by atoms with van der Waals surface area (Å²) in [5.41, 5.74) is 2.08. The molecule has 2 aromatic heterocycles. The second-order valence-corrected chi connectivity index (χ2v) is 6.24. The third-order valence-electron chi connectivity index (χ3n) is 3.20. The molecule has 2 aromatic rings. The van der Waals surface area contributed by atoms with Crippen LogP contribution in [0.5, 0.6) is 0 Å². The van der Waals surface area contributed by atoms with Gasteiger partial charge in [-0.15, -0.1) is 11.3 Å². The van der Waals surface area contributed by atoms with Gasteiger partial charge in [0.2, 0.25) is 0 Å². The van der Waals surface area contributed by atoms with Crippen molar-refractivity contribution < 1.29 is 4.74 Å². The van der Waals surface area contributed by atoms with Gasteiger partial charge in [0.25, 0.3) is 0 Å². The lowest BCUT2D eigenvalue weighted by molar-refractivity contribution is 0.181. The number of aromatic nitrogens is 3. The zero-order chi connectivity index (χ0) is 15.2. The third-order valence-corrected chi connectivity index (χ3v) is 4.31. The SMILES string of the molecule is CCNC(Cc1csc(C)n1)c1c(Cl)cnn1CCOC. The molecule has 0 spiro atoms. The molecule has 0 saturated heterocycles. The van der Waals surface area contributed by atoms with E-state index in [0.717, 1.165) is 29.4 Å². The van der Waals surface area contributed by atoms with E-state index in [0.29, 0.717) is 18.2 Å². The highest BCUT2D eigenvalue weighted by atomic mass is 35.5. The Kier molecular flexibility index (Phi) is 6.17. The van der Waals surface area contributed by atoms with Crippen molar-refractivity contribution in [3.05, 3.63) is 33.0 Å². The molecule has 0 aliphatic rings. The van der Waals surface area contributed by atoms with Gasteiger partial charge in [0.15, 0.2) is 0 Å². The highest BCUT2D eigenvalue weighted by molar-refractivity contribution is 7.09. The van der Waals surface area contributed by atoms with Gasteiger partial charge in [-0.1, -0.05) is 18.5 Å². The van der Waals surface area contributed by atoms with Gasteiger partial charge in [0.05, 0.1) is 46.8 Å². The lowest BCUT2D eigenvalue weighted by Crippen LogP contribution is -2.26. The van der Waals surface area contributed by atoms with Crippen LogP contribution in [0.25, 0.3) is 0 Å². The van der Waals surface area contributed by atoms with Crippen molar-refractivity contribution in [2.24, 2.45) is 0 Å². The van der Waals surface area contributed by atoms with Crippen LogP contribution in [0.15, 0.2) is 11.6 Å². The largest absolute Gasteiger partial charge is 0.383 e. The summed E-state index contributed by atoms with van der Waals surface area (Å²) in [6.45, 7) is 6.27. The maximum Gasteiger partial charge on any atom is 0.0897 e. The van der Waals surface area contributed by atoms with Gasteiger partial charge in [-0.25, -0.2) is 4.98 Å². The maximum atomic E-state index is 6.34. The highest BCUT2D eigenvalue weighted by Crippen LogP contribution is 2.26. The Morgan fingerprint density at radius 2 is 2.33 bits per heavy atom. The molecule has 1 N–H and O–H groups in total. The smallest absolute Gasteiger partial charge is 0.0897 e. The quantitative estimate of drug-likeness (QED) is 0.809. The summed E-state index contributed by atoms with van der Waals surface area (Å²) in [7, 11) is 1.69. The molecule has 5 nitrogen and oxygen atoms in total. The molecule has 1 atom stereocenters. The topological polar surface area (TPSA) is 52.0 Å². The number of nitrogens with one attached hydrogen (secondary N) is 1. The van der Waals surface area contributed by atoms with Crippen molar-refractivity contribution in [3.63, 3.8) is 0 Å². The summed E-state index contributed by atoms with van der Waals surface area (Å²) >= 11 is 8.01. The summed E-state index contributed by atoms with van der Waals surface area (Å²) < 4.78 is 7.05. The van der Waals surface area contributed by atoms with Crippen molar-refractivity contribution in [1.29, 1.82) is 0 Å². The molecule has 21 heavy (non-hydrogen) atoms. The van der Waals surface area contributed by atoms with E-state index in [-0.39, 0.29) is 6.04 Å². The molecule has 0 amide bonds. The Morgan fingerprint density at radius 3 is 2.95 bits per heavy atom. The lowest BCUT2D eigenvalue weighted by Gasteiger charge is -2.19. The number of halogens is 1. The Labute approximate surface area is 134 Å². The molecule has 7 heteroatoms. The van der Waals surface area contributed by atoms with Gasteiger partial charge in [-0.3, -0.25) is 4.68 Å². The Balaban J connectivity index is 2.22. The van der Waals surface area contributed by atoms with Crippen LogP contribution in [0.3, 0.4) is 0 Å². The molecule has 116 valence electrons. The molecule has 0 saturated carbocycles. The summed E-state index contributed by atoms with van der Waals surface area (Å²) in [4.78, 5) is 4.55. The molecule has 0 aromatic carbocycles. The molecule has 2 rings (SSSR count). The van der Waals surface area contributed by atoms with Gasteiger partial charge in [0, 0.05) is 18.9 Å². The fourth-order valence-corrected chi connectivity index (χ4v) is 3.20. The molecule has 1 unspecified atom stereocenters. The minimum Gasteiger partial charge on any atom is -0.383 e. The van der Waals surface area contributed by atoms with Crippen LogP contribution in [0.2, 0.25) is 5.02 Å². The van der Waals surface area contributed by atoms with Crippen LogP contribution in [0.1, 0.15) is 29.4 Å². The van der Waals surface area contributed by atoms with Crippen LogP contribution < -0.4 is 5.32 Å². The lowest BCUT2D eigenvalue weighted by atomic mass is 10.1. The van der Waals surface area contributed by atoms with E-state index in [1.165, 1.54) is 0 Å². The normalized spacial score (nSPS) is 12.8. The molecule has 0 bridgehead atoms. The third kappa shape index (κ3) is 4.26. The minimum absolute atomic E-state index is 0.100. The van der Waals surface area contributed by atoms with E-state index in [2.05, 4.69) is 27.7 Å². The van der Waals surface area contributed by atoms with E-state index < -0.39 is 0 Å². The number of nitrogens with zero attached hydrogens (tertiary/aromatic N) is 3. The maximum absolute atomic E-state index is 6.34. The van der Waals surface area contributed by atoms with Crippen molar-refractivity contribution >= 4 is 22.9 Å². The number of likely N-dealkylation sites (N-methyl/N-ethyl adjacent to an activating group) is 1. The molecular weight excluding hydrogens is 308 g/mol. The zero-order valence-corrected chi connectivity index (χ0v) is 14.2. The number of rotatable bonds is 8. The van der Waals surface area contributed by atoms with Crippen molar-refractivity contribution in [2.75, 3.05) is 20.3 Å². The van der Waals surface area contributed by atoms with Crippen molar-refractivity contribution in [3.8, 4) is 0 Å². The first-order chi connectivity index (χ1) is 10.2. The minimum atomic E-state index is 0.100. The van der Waals surface area contributed by atoms with Gasteiger partial charge in [0.1, 0.15) is 0 Å². The van der Waals surface area contributed by atoms with Gasteiger partial charge in [-0.2, -0.15) is 5.10 Å². The summed E-state index contributed by atoms with van der Waals surface area (Å²) in [5, 5.41) is 11.7. The van der Waals surface area contributed by atoms with Gasteiger partial charge >= 0.3 is 0 Å². The standard InChI is InChI=1S/C14H21ClN4OS/c1-4-16-13(7-11-9-21-10(2)18-11)14-12(15)8-17-19(14)5-6-20-3/h8-9,13,16H,4-7H2,1-3H3. The van der Waals surface area contributed by atoms with E-state index >= 15 is 0 Å². The average molecular weight is 329 g/mol. The van der Waals surface area contributed by atoms with E-state index in [1.54, 1.807) is 24.6 Å². The fourth-order valence-electron chi connectivity index (χ4n) is 2.30. The predicted molar refractivity (Wildman–Crippen MR) is 86.1 cm³/mol. The summed E-state index contributed by atoms with van der Waals surface area (Å²) in [6, 6.07) is 0.100. The van der Waals surface area contributed by atoms with E-state index in [4.69, 9.17) is 16.3 Å². The second-order valence-electron chi connectivity index (χ2n) is 4.77. The number of thiazole rings is 1. The molecule has 2 heterocycles. The number of aryl methyl sites for hydroxylation is 1. The number of hydrogen-bond acceptors (Lipinski definition) is 5. The Hall–Kier alpha value is -0.950. The van der Waals surface area contributed by atoms with E-state index in [9.17, 15) is 0 Å². The van der Waals surface area contributed by atoms with E-state index in [1.807, 2.05) is 11.6 Å². The van der Waals surface area contributed by atoms with Crippen LogP contribution in [-0.4, -0.2) is 35.0 Å². The number of ether oxygens (including phenoxy) is 1. The summed E-state index contributed by atoms with van der Waals surface area (Å²) in [5.74, 6) is 0. The van der Waals surface area contributed by atoms with Crippen LogP contribution >= 0.6 is 22.9 Å². The molecular formula is C14H21ClN4OS. The van der Waals surface area contributed by atoms with Gasteiger partial charge < -0.3 is 10.1 Å². The first kappa shape index (κ1) is 16.4. The number of hydrogen-bond donors (Lipinski definition) is 1. The molecule has 0 fully saturated rings. The van der Waals surface area contributed by atoms with Crippen LogP contribution in [-0.2, 0) is 17.7 Å². The Morgan fingerprint density at radius 1 is 1.52 bits per heavy atom. The fraction of sp³-hybridized carbons (Fsp3) is 0.571. The zero-order valence-electron chi connectivity index (χ0n) is 12.6. The van der Waals surface area contributed by atoms with Crippen LogP contribution in [0.4, 0.5) is 0 Å². The first-order valence-corrected chi connectivity index (χ1v) is 8.26.